The van der Waals surface area contributed by atoms with Gasteiger partial charge in [0, 0.05) is 32.2 Å². The maximum Gasteiger partial charge on any atom is 0.105 e. The molecule has 0 atom stereocenters. The smallest absolute Gasteiger partial charge is 0.105 e. The highest BCUT2D eigenvalue weighted by molar-refractivity contribution is 5.47. The molecule has 0 aliphatic rings. The number of hydrogen-bond acceptors (Lipinski definition) is 3. The molecule has 96 valence electrons. The number of rotatable bonds is 5. The van der Waals surface area contributed by atoms with Gasteiger partial charge in [0.15, 0.2) is 0 Å². The third-order valence-corrected chi connectivity index (χ3v) is 3.08. The number of anilines is 1. The van der Waals surface area contributed by atoms with Gasteiger partial charge < -0.3 is 15.1 Å². The minimum atomic E-state index is 0.582. The topological polar surface area (TPSA) is 42.4 Å². The molecule has 18 heavy (non-hydrogen) atoms. The quantitative estimate of drug-likeness (QED) is 0.879. The van der Waals surface area contributed by atoms with E-state index in [9.17, 15) is 0 Å². The zero-order valence-corrected chi connectivity index (χ0v) is 11.0. The molecule has 1 aromatic heterocycles. The average Bonchev–Trinajstić information content (AvgIpc) is 2.82. The van der Waals surface area contributed by atoms with Crippen LogP contribution >= 0.6 is 0 Å². The summed E-state index contributed by atoms with van der Waals surface area (Å²) in [6.45, 7) is 3.48. The van der Waals surface area contributed by atoms with Gasteiger partial charge in [0.1, 0.15) is 11.5 Å². The average molecular weight is 244 g/mol. The molecule has 2 N–H and O–H groups in total. The minimum absolute atomic E-state index is 0.582. The summed E-state index contributed by atoms with van der Waals surface area (Å²) in [4.78, 5) is 2.22. The third-order valence-electron chi connectivity index (χ3n) is 3.08. The highest BCUT2D eigenvalue weighted by Gasteiger charge is 2.04. The van der Waals surface area contributed by atoms with Gasteiger partial charge in [-0.2, -0.15) is 0 Å². The van der Waals surface area contributed by atoms with Gasteiger partial charge in [-0.3, -0.25) is 0 Å². The van der Waals surface area contributed by atoms with Crippen LogP contribution in [-0.2, 0) is 13.0 Å². The Hall–Kier alpha value is -1.74. The summed E-state index contributed by atoms with van der Waals surface area (Å²) in [6, 6.07) is 12.4. The fourth-order valence-corrected chi connectivity index (χ4v) is 1.95. The first-order chi connectivity index (χ1) is 8.69. The Balaban J connectivity index is 1.96. The maximum atomic E-state index is 5.65. The Morgan fingerprint density at radius 1 is 1.22 bits per heavy atom. The lowest BCUT2D eigenvalue weighted by Gasteiger charge is -2.19. The molecule has 0 spiro atoms. The highest BCUT2D eigenvalue weighted by Crippen LogP contribution is 2.15. The van der Waals surface area contributed by atoms with Crippen molar-refractivity contribution in [3.05, 3.63) is 53.5 Å². The standard InChI is InChI=1S/C15H20N2O/c1-12-6-7-15(18-12)8-9-17(2)14-5-3-4-13(10-14)11-16/h3-7,10H,8-9,11,16H2,1-2H3. The van der Waals surface area contributed by atoms with Crippen LogP contribution in [0.3, 0.4) is 0 Å². The van der Waals surface area contributed by atoms with E-state index in [1.54, 1.807) is 0 Å². The molecule has 0 saturated carbocycles. The van der Waals surface area contributed by atoms with Gasteiger partial charge in [0.25, 0.3) is 0 Å². The molecule has 1 heterocycles. The van der Waals surface area contributed by atoms with Crippen LogP contribution in [0.25, 0.3) is 0 Å². The predicted octanol–water partition coefficient (Wildman–Crippen LogP) is 2.73. The molecule has 3 nitrogen and oxygen atoms in total. The zero-order valence-electron chi connectivity index (χ0n) is 11.0. The lowest BCUT2D eigenvalue weighted by atomic mass is 10.2. The van der Waals surface area contributed by atoms with Crippen LogP contribution < -0.4 is 10.6 Å². The maximum absolute atomic E-state index is 5.65. The van der Waals surface area contributed by atoms with E-state index in [-0.39, 0.29) is 0 Å². The van der Waals surface area contributed by atoms with Gasteiger partial charge in [-0.1, -0.05) is 12.1 Å². The van der Waals surface area contributed by atoms with E-state index in [4.69, 9.17) is 10.2 Å². The molecule has 0 bridgehead atoms. The van der Waals surface area contributed by atoms with Crippen molar-refractivity contribution >= 4 is 5.69 Å². The van der Waals surface area contributed by atoms with Crippen molar-refractivity contribution in [1.29, 1.82) is 0 Å². The molecule has 2 rings (SSSR count). The lowest BCUT2D eigenvalue weighted by Crippen LogP contribution is -2.20. The van der Waals surface area contributed by atoms with Crippen LogP contribution in [0.2, 0.25) is 0 Å². The molecule has 3 heteroatoms. The van der Waals surface area contributed by atoms with E-state index >= 15 is 0 Å². The molecule has 0 aliphatic heterocycles. The van der Waals surface area contributed by atoms with E-state index in [1.807, 2.05) is 31.2 Å². The molecule has 2 aromatic rings. The molecule has 0 radical (unpaired) electrons. The molecule has 0 saturated heterocycles. The fraction of sp³-hybridized carbons (Fsp3) is 0.333. The van der Waals surface area contributed by atoms with Gasteiger partial charge in [-0.25, -0.2) is 0 Å². The van der Waals surface area contributed by atoms with Crippen LogP contribution in [0.15, 0.2) is 40.8 Å². The van der Waals surface area contributed by atoms with Crippen LogP contribution in [0.1, 0.15) is 17.1 Å². The van der Waals surface area contributed by atoms with Gasteiger partial charge in [0.2, 0.25) is 0 Å². The Morgan fingerprint density at radius 3 is 2.72 bits per heavy atom. The third kappa shape index (κ3) is 3.14. The second-order valence-corrected chi connectivity index (χ2v) is 4.56. The summed E-state index contributed by atoms with van der Waals surface area (Å²) >= 11 is 0. The van der Waals surface area contributed by atoms with E-state index in [2.05, 4.69) is 24.1 Å². The van der Waals surface area contributed by atoms with Crippen molar-refractivity contribution in [1.82, 2.24) is 0 Å². The van der Waals surface area contributed by atoms with Crippen LogP contribution in [-0.4, -0.2) is 13.6 Å². The molecule has 0 amide bonds. The Morgan fingerprint density at radius 2 is 2.06 bits per heavy atom. The molecule has 0 unspecified atom stereocenters. The summed E-state index contributed by atoms with van der Waals surface area (Å²) in [5.74, 6) is 2.01. The van der Waals surface area contributed by atoms with E-state index in [1.165, 1.54) is 5.69 Å². The zero-order chi connectivity index (χ0) is 13.0. The number of nitrogens with two attached hydrogens (primary N) is 1. The second kappa shape index (κ2) is 5.74. The van der Waals surface area contributed by atoms with Crippen molar-refractivity contribution in [2.24, 2.45) is 5.73 Å². The molecular formula is C15H20N2O. The Labute approximate surface area is 108 Å². The summed E-state index contributed by atoms with van der Waals surface area (Å²) in [6.07, 6.45) is 0.914. The van der Waals surface area contributed by atoms with E-state index in [0.717, 1.165) is 30.0 Å². The highest BCUT2D eigenvalue weighted by atomic mass is 16.3. The molecule has 1 aromatic carbocycles. The summed E-state index contributed by atoms with van der Waals surface area (Å²) < 4.78 is 5.57. The van der Waals surface area contributed by atoms with Gasteiger partial charge >= 0.3 is 0 Å². The van der Waals surface area contributed by atoms with E-state index in [0.29, 0.717) is 6.54 Å². The van der Waals surface area contributed by atoms with Gasteiger partial charge in [0.05, 0.1) is 0 Å². The summed E-state index contributed by atoms with van der Waals surface area (Å²) in [5.41, 5.74) is 8.01. The predicted molar refractivity (Wildman–Crippen MR) is 74.8 cm³/mol. The number of furan rings is 1. The number of benzene rings is 1. The molecular weight excluding hydrogens is 224 g/mol. The Bertz CT molecular complexity index is 505. The SMILES string of the molecule is Cc1ccc(CCN(C)c2cccc(CN)c2)o1. The Kier molecular flexibility index (Phi) is 4.05. The lowest BCUT2D eigenvalue weighted by molar-refractivity contribution is 0.483. The van der Waals surface area contributed by atoms with Crippen LogP contribution in [0.5, 0.6) is 0 Å². The molecule has 0 aliphatic carbocycles. The minimum Gasteiger partial charge on any atom is -0.466 e. The van der Waals surface area contributed by atoms with Gasteiger partial charge in [-0.15, -0.1) is 0 Å². The van der Waals surface area contributed by atoms with Crippen molar-refractivity contribution in [3.8, 4) is 0 Å². The second-order valence-electron chi connectivity index (χ2n) is 4.56. The fourth-order valence-electron chi connectivity index (χ4n) is 1.95. The summed E-state index contributed by atoms with van der Waals surface area (Å²) in [5, 5.41) is 0. The van der Waals surface area contributed by atoms with Crippen LogP contribution in [0.4, 0.5) is 5.69 Å². The van der Waals surface area contributed by atoms with Crippen molar-refractivity contribution in [2.45, 2.75) is 19.9 Å². The first-order valence-corrected chi connectivity index (χ1v) is 6.24. The van der Waals surface area contributed by atoms with Crippen molar-refractivity contribution in [2.75, 3.05) is 18.5 Å². The van der Waals surface area contributed by atoms with Crippen molar-refractivity contribution in [3.63, 3.8) is 0 Å². The number of likely N-dealkylation sites (N-methyl/N-ethyl adjacent to an activating group) is 1. The first-order valence-electron chi connectivity index (χ1n) is 6.24. The first kappa shape index (κ1) is 12.7. The molecule has 0 fully saturated rings. The number of nitrogens with zero attached hydrogens (tertiary/aromatic N) is 1. The monoisotopic (exact) mass is 244 g/mol. The largest absolute Gasteiger partial charge is 0.466 e. The van der Waals surface area contributed by atoms with Crippen LogP contribution in [0, 0.1) is 6.92 Å². The normalized spacial score (nSPS) is 10.6. The van der Waals surface area contributed by atoms with E-state index < -0.39 is 0 Å². The number of aryl methyl sites for hydroxylation is 1. The van der Waals surface area contributed by atoms with Crippen molar-refractivity contribution < 1.29 is 4.42 Å². The number of hydrogen-bond donors (Lipinski definition) is 1. The van der Waals surface area contributed by atoms with Gasteiger partial charge in [-0.05, 0) is 36.8 Å². The summed E-state index contributed by atoms with van der Waals surface area (Å²) in [7, 11) is 2.09.